The first kappa shape index (κ1) is 15.7. The molecule has 0 saturated heterocycles. The summed E-state index contributed by atoms with van der Waals surface area (Å²) in [5.41, 5.74) is 6.82. The third kappa shape index (κ3) is 2.22. The van der Waals surface area contributed by atoms with E-state index in [-0.39, 0.29) is 24.1 Å². The van der Waals surface area contributed by atoms with Gasteiger partial charge in [-0.15, -0.1) is 0 Å². The van der Waals surface area contributed by atoms with Crippen LogP contribution in [-0.2, 0) is 10.3 Å². The van der Waals surface area contributed by atoms with Crippen LogP contribution in [0, 0.1) is 5.82 Å². The zero-order chi connectivity index (χ0) is 17.8. The van der Waals surface area contributed by atoms with Gasteiger partial charge in [-0.2, -0.15) is 0 Å². The van der Waals surface area contributed by atoms with Crippen LogP contribution in [0.4, 0.5) is 4.39 Å². The van der Waals surface area contributed by atoms with Crippen molar-refractivity contribution in [1.29, 1.82) is 0 Å². The number of hydrogen-bond acceptors (Lipinski definition) is 4. The van der Waals surface area contributed by atoms with Crippen LogP contribution in [0.25, 0.3) is 0 Å². The van der Waals surface area contributed by atoms with Crippen molar-refractivity contribution < 1.29 is 13.9 Å². The van der Waals surface area contributed by atoms with Crippen LogP contribution in [0.2, 0.25) is 0 Å². The fraction of sp³-hybridized carbons (Fsp3) is 0.222. The maximum Gasteiger partial charge on any atom is 0.261 e. The maximum atomic E-state index is 14.3. The van der Waals surface area contributed by atoms with Crippen LogP contribution < -0.4 is 15.9 Å². The van der Waals surface area contributed by atoms with Gasteiger partial charge in [0.25, 0.3) is 5.91 Å². The molecule has 1 amide bonds. The molecule has 2 unspecified atom stereocenters. The summed E-state index contributed by atoms with van der Waals surface area (Å²) in [6.45, 7) is 0. The van der Waals surface area contributed by atoms with E-state index in [0.717, 1.165) is 5.46 Å². The van der Waals surface area contributed by atoms with Gasteiger partial charge in [0, 0.05) is 24.6 Å². The van der Waals surface area contributed by atoms with E-state index in [1.807, 2.05) is 20.0 Å². The van der Waals surface area contributed by atoms with Crippen molar-refractivity contribution in [3.63, 3.8) is 0 Å². The number of rotatable bonds is 1. The minimum absolute atomic E-state index is 0.159. The third-order valence-electron chi connectivity index (χ3n) is 4.89. The summed E-state index contributed by atoms with van der Waals surface area (Å²) in [6.07, 6.45) is -0.419. The van der Waals surface area contributed by atoms with Crippen molar-refractivity contribution in [2.24, 2.45) is 10.7 Å². The Morgan fingerprint density at radius 3 is 2.80 bits per heavy atom. The van der Waals surface area contributed by atoms with Crippen LogP contribution in [0.3, 0.4) is 0 Å². The largest absolute Gasteiger partial charge is 0.485 e. The number of likely N-dealkylation sites (N-methyl/N-ethyl adjacent to an activating group) is 1. The lowest BCUT2D eigenvalue weighted by molar-refractivity contribution is -0.132. The first-order chi connectivity index (χ1) is 11.9. The molecule has 0 radical (unpaired) electrons. The number of amides is 1. The summed E-state index contributed by atoms with van der Waals surface area (Å²) in [6, 6.07) is 12.0. The molecule has 25 heavy (non-hydrogen) atoms. The van der Waals surface area contributed by atoms with Crippen molar-refractivity contribution in [2.75, 3.05) is 7.05 Å². The van der Waals surface area contributed by atoms with E-state index in [9.17, 15) is 9.18 Å². The van der Waals surface area contributed by atoms with Gasteiger partial charge in [-0.05, 0) is 12.1 Å². The average molecular weight is 337 g/mol. The highest BCUT2D eigenvalue weighted by Crippen LogP contribution is 2.49. The van der Waals surface area contributed by atoms with Crippen molar-refractivity contribution >= 4 is 25.2 Å². The highest BCUT2D eigenvalue weighted by Gasteiger charge is 2.53. The highest BCUT2D eigenvalue weighted by atomic mass is 19.1. The predicted octanol–water partition coefficient (Wildman–Crippen LogP) is 0.590. The minimum atomic E-state index is -1.18. The number of halogens is 1. The first-order valence-electron chi connectivity index (χ1n) is 8.08. The highest BCUT2D eigenvalue weighted by molar-refractivity contribution is 6.32. The third-order valence-corrected chi connectivity index (χ3v) is 4.89. The molecule has 0 saturated carbocycles. The quantitative estimate of drug-likeness (QED) is 0.775. The summed E-state index contributed by atoms with van der Waals surface area (Å²) in [7, 11) is 3.53. The topological polar surface area (TPSA) is 67.9 Å². The van der Waals surface area contributed by atoms with Crippen LogP contribution in [0.1, 0.15) is 23.7 Å². The van der Waals surface area contributed by atoms with E-state index in [4.69, 9.17) is 10.5 Å². The Hall–Kier alpha value is -2.83. The zero-order valence-corrected chi connectivity index (χ0v) is 14.0. The number of benzene rings is 2. The molecule has 0 aromatic heterocycles. The van der Waals surface area contributed by atoms with Gasteiger partial charge in [0.05, 0.1) is 0 Å². The second kappa shape index (κ2) is 5.34. The van der Waals surface area contributed by atoms with Crippen LogP contribution in [-0.4, -0.2) is 31.7 Å². The molecule has 2 aromatic carbocycles. The number of aliphatic imine (C=N–C) groups is 1. The Kier molecular flexibility index (Phi) is 3.35. The van der Waals surface area contributed by atoms with Gasteiger partial charge in [-0.25, -0.2) is 9.38 Å². The Morgan fingerprint density at radius 2 is 2.12 bits per heavy atom. The Morgan fingerprint density at radius 1 is 1.36 bits per heavy atom. The number of carbonyl (C=O) groups excluding carboxylic acids is 1. The minimum Gasteiger partial charge on any atom is -0.485 e. The molecule has 7 heteroatoms. The first-order valence-corrected chi connectivity index (χ1v) is 8.08. The number of fused-ring (bicyclic) bond motifs is 2. The van der Waals surface area contributed by atoms with Crippen molar-refractivity contribution in [3.8, 4) is 5.75 Å². The van der Waals surface area contributed by atoms with Crippen molar-refractivity contribution in [2.45, 2.75) is 18.1 Å². The second-order valence-corrected chi connectivity index (χ2v) is 6.53. The lowest BCUT2D eigenvalue weighted by Crippen LogP contribution is -2.44. The van der Waals surface area contributed by atoms with Gasteiger partial charge in [-0.3, -0.25) is 9.69 Å². The molecule has 2 atom stereocenters. The Labute approximate surface area is 145 Å². The number of ether oxygens (including phenoxy) is 1. The van der Waals surface area contributed by atoms with Crippen molar-refractivity contribution in [1.82, 2.24) is 4.90 Å². The van der Waals surface area contributed by atoms with E-state index in [0.29, 0.717) is 16.9 Å². The fourth-order valence-corrected chi connectivity index (χ4v) is 3.56. The molecule has 2 heterocycles. The van der Waals surface area contributed by atoms with Gasteiger partial charge < -0.3 is 10.5 Å². The van der Waals surface area contributed by atoms with Crippen molar-refractivity contribution in [3.05, 3.63) is 59.4 Å². The molecular weight excluding hydrogens is 320 g/mol. The van der Waals surface area contributed by atoms with Crippen LogP contribution in [0.5, 0.6) is 5.75 Å². The summed E-state index contributed by atoms with van der Waals surface area (Å²) >= 11 is 0. The summed E-state index contributed by atoms with van der Waals surface area (Å²) < 4.78 is 20.3. The Bertz CT molecular complexity index is 917. The number of nitrogens with zero attached hydrogens (tertiary/aromatic N) is 2. The summed E-state index contributed by atoms with van der Waals surface area (Å²) in [4.78, 5) is 18.9. The molecule has 2 aliphatic rings. The second-order valence-electron chi connectivity index (χ2n) is 6.53. The predicted molar refractivity (Wildman–Crippen MR) is 95.1 cm³/mol. The molecule has 4 rings (SSSR count). The molecule has 5 nitrogen and oxygen atoms in total. The standard InChI is InChI=1S/C18H17BFN3O2/c1-23-16(24)18(22-17(23)21)9-15(11-4-2-3-5-13(11)20)25-14-7-6-10(19)8-12(14)18/h2-8,15H,9,19H2,1H3,(H2,21,22). The van der Waals surface area contributed by atoms with Crippen LogP contribution in [0.15, 0.2) is 47.5 Å². The molecule has 1 spiro atoms. The number of carbonyl (C=O) groups is 1. The van der Waals surface area contributed by atoms with E-state index < -0.39 is 11.6 Å². The van der Waals surface area contributed by atoms with Crippen LogP contribution >= 0.6 is 0 Å². The number of hydrogen-bond donors (Lipinski definition) is 1. The van der Waals surface area contributed by atoms with E-state index in [2.05, 4.69) is 4.99 Å². The molecule has 126 valence electrons. The number of guanidine groups is 1. The zero-order valence-electron chi connectivity index (χ0n) is 14.0. The molecular formula is C18H17BFN3O2. The molecule has 0 aliphatic carbocycles. The summed E-state index contributed by atoms with van der Waals surface area (Å²) in [5, 5.41) is 0. The molecule has 2 N–H and O–H groups in total. The van der Waals surface area contributed by atoms with Gasteiger partial charge >= 0.3 is 0 Å². The van der Waals surface area contributed by atoms with E-state index >= 15 is 0 Å². The van der Waals surface area contributed by atoms with E-state index in [1.54, 1.807) is 31.3 Å². The maximum absolute atomic E-state index is 14.3. The van der Waals surface area contributed by atoms with Gasteiger partial charge in [0.2, 0.25) is 0 Å². The fourth-order valence-electron chi connectivity index (χ4n) is 3.56. The normalized spacial score (nSPS) is 24.9. The monoisotopic (exact) mass is 337 g/mol. The van der Waals surface area contributed by atoms with Gasteiger partial charge in [0.1, 0.15) is 25.5 Å². The smallest absolute Gasteiger partial charge is 0.261 e. The van der Waals surface area contributed by atoms with E-state index in [1.165, 1.54) is 11.0 Å². The van der Waals surface area contributed by atoms with Gasteiger partial charge in [0.15, 0.2) is 11.5 Å². The summed E-state index contributed by atoms with van der Waals surface area (Å²) in [5.74, 6) is 0.104. The molecule has 2 aliphatic heterocycles. The Balaban J connectivity index is 1.91. The SMILES string of the molecule is Bc1ccc2c(c1)C1(CC(c3ccccc3F)O2)N=C(N)N(C)C1=O. The average Bonchev–Trinajstić information content (AvgIpc) is 2.80. The molecule has 0 bridgehead atoms. The molecule has 0 fully saturated rings. The van der Waals surface area contributed by atoms with Gasteiger partial charge in [-0.1, -0.05) is 35.8 Å². The lowest BCUT2D eigenvalue weighted by Gasteiger charge is -2.37. The lowest BCUT2D eigenvalue weighted by atomic mass is 9.78. The number of nitrogens with two attached hydrogens (primary N) is 1. The molecule has 2 aromatic rings.